The first-order valence-electron chi connectivity index (χ1n) is 7.73. The predicted molar refractivity (Wildman–Crippen MR) is 94.8 cm³/mol. The van der Waals surface area contributed by atoms with E-state index in [1.54, 1.807) is 18.2 Å². The number of anilines is 1. The van der Waals surface area contributed by atoms with Crippen molar-refractivity contribution in [2.24, 2.45) is 5.16 Å². The molecule has 0 unspecified atom stereocenters. The molecule has 4 N–H and O–H groups in total. The number of carbonyl (C=O) groups excluding carboxylic acids is 2. The van der Waals surface area contributed by atoms with E-state index < -0.39 is 18.7 Å². The summed E-state index contributed by atoms with van der Waals surface area (Å²) in [4.78, 5) is 28.0. The molecule has 0 fully saturated rings. The maximum atomic E-state index is 12.5. The highest BCUT2D eigenvalue weighted by atomic mass is 32.1. The predicted octanol–water partition coefficient (Wildman–Crippen LogP) is 0.946. The molecule has 11 heteroatoms. The quantitative estimate of drug-likeness (QED) is 0.230. The average molecular weight is 374 g/mol. The van der Waals surface area contributed by atoms with Gasteiger partial charge in [0.15, 0.2) is 22.4 Å². The molecule has 2 aromatic rings. The number of oxime groups is 1. The summed E-state index contributed by atoms with van der Waals surface area (Å²) < 4.78 is 9.34. The van der Waals surface area contributed by atoms with Crippen molar-refractivity contribution in [3.05, 3.63) is 35.2 Å². The fraction of sp³-hybridized carbons (Fsp3) is 0.267. The first kappa shape index (κ1) is 18.0. The Balaban J connectivity index is 1.80. The molecule has 1 aromatic heterocycles. The van der Waals surface area contributed by atoms with Crippen LogP contribution in [-0.2, 0) is 11.2 Å². The topological polar surface area (TPSA) is 148 Å². The van der Waals surface area contributed by atoms with Crippen LogP contribution in [0.1, 0.15) is 35.1 Å². The van der Waals surface area contributed by atoms with E-state index in [4.69, 9.17) is 15.6 Å². The minimum Gasteiger partial charge on any atom is -0.535 e. The highest BCUT2D eigenvalue weighted by Crippen LogP contribution is 2.36. The van der Waals surface area contributed by atoms with Crippen molar-refractivity contribution in [3.63, 3.8) is 0 Å². The molecular formula is C15H15BN4O5S. The SMILES string of the molecule is CC(=O)c1cccc2c1OB(O)[C@@H](CC(=O)/C(=N/O)c1nsc(N)n1)C2. The van der Waals surface area contributed by atoms with Gasteiger partial charge in [-0.05, 0) is 25.0 Å². The number of nitrogens with two attached hydrogens (primary N) is 1. The average Bonchev–Trinajstić information content (AvgIpc) is 3.01. The standard InChI is InChI=1S/C15H15BN4O5S/c1-7(21)10-4-2-3-8-5-9(16(23)25-13(8)10)6-11(22)12(19-24)14-18-15(17)26-20-14/h2-4,9,23-24H,5-6H2,1H3,(H2,17,18,20)/b19-12-/t9-/m1/s1. The molecule has 1 atom stereocenters. The zero-order valence-corrected chi connectivity index (χ0v) is 14.6. The minimum atomic E-state index is -1.28. The van der Waals surface area contributed by atoms with Crippen LogP contribution < -0.4 is 10.4 Å². The maximum Gasteiger partial charge on any atom is 0.526 e. The second-order valence-electron chi connectivity index (χ2n) is 5.85. The number of carbonyl (C=O) groups is 2. The third-order valence-corrected chi connectivity index (χ3v) is 4.61. The van der Waals surface area contributed by atoms with Gasteiger partial charge < -0.3 is 20.6 Å². The molecule has 1 aromatic carbocycles. The number of hydrogen-bond acceptors (Lipinski definition) is 10. The number of hydrogen-bond donors (Lipinski definition) is 3. The molecule has 1 aliphatic rings. The van der Waals surface area contributed by atoms with E-state index in [0.717, 1.165) is 17.1 Å². The van der Waals surface area contributed by atoms with E-state index in [0.29, 0.717) is 17.7 Å². The largest absolute Gasteiger partial charge is 0.535 e. The van der Waals surface area contributed by atoms with Crippen molar-refractivity contribution in [1.82, 2.24) is 9.36 Å². The van der Waals surface area contributed by atoms with Crippen molar-refractivity contribution in [3.8, 4) is 5.75 Å². The Hall–Kier alpha value is -2.79. The Morgan fingerprint density at radius 3 is 2.88 bits per heavy atom. The number of ketones is 2. The van der Waals surface area contributed by atoms with Gasteiger partial charge in [-0.2, -0.15) is 9.36 Å². The summed E-state index contributed by atoms with van der Waals surface area (Å²) in [5.41, 5.74) is 6.26. The number of para-hydroxylation sites is 1. The molecule has 3 rings (SSSR count). The van der Waals surface area contributed by atoms with E-state index >= 15 is 0 Å². The molecule has 0 bridgehead atoms. The second kappa shape index (κ2) is 7.22. The van der Waals surface area contributed by atoms with E-state index in [1.165, 1.54) is 6.92 Å². The van der Waals surface area contributed by atoms with Gasteiger partial charge in [0.25, 0.3) is 0 Å². The van der Waals surface area contributed by atoms with Gasteiger partial charge in [0, 0.05) is 23.8 Å². The number of nitrogens with zero attached hydrogens (tertiary/aromatic N) is 3. The summed E-state index contributed by atoms with van der Waals surface area (Å²) in [7, 11) is -1.28. The molecule has 0 saturated heterocycles. The van der Waals surface area contributed by atoms with Crippen molar-refractivity contribution in [1.29, 1.82) is 0 Å². The van der Waals surface area contributed by atoms with E-state index in [9.17, 15) is 14.6 Å². The highest BCUT2D eigenvalue weighted by molar-refractivity contribution is 7.09. The Bertz CT molecular complexity index is 900. The molecule has 0 radical (unpaired) electrons. The van der Waals surface area contributed by atoms with E-state index in [1.807, 2.05) is 0 Å². The second-order valence-corrected chi connectivity index (χ2v) is 6.64. The maximum absolute atomic E-state index is 12.5. The van der Waals surface area contributed by atoms with Crippen LogP contribution in [-0.4, -0.2) is 44.0 Å². The highest BCUT2D eigenvalue weighted by Gasteiger charge is 2.38. The van der Waals surface area contributed by atoms with Gasteiger partial charge in [-0.15, -0.1) is 0 Å². The van der Waals surface area contributed by atoms with Crippen molar-refractivity contribution in [2.75, 3.05) is 5.73 Å². The van der Waals surface area contributed by atoms with E-state index in [-0.39, 0.29) is 28.9 Å². The number of fused-ring (bicyclic) bond motifs is 1. The summed E-state index contributed by atoms with van der Waals surface area (Å²) in [6, 6.07) is 5.11. The number of rotatable bonds is 5. The van der Waals surface area contributed by atoms with Gasteiger partial charge >= 0.3 is 7.12 Å². The van der Waals surface area contributed by atoms with Crippen LogP contribution in [0, 0.1) is 0 Å². The van der Waals surface area contributed by atoms with Gasteiger partial charge in [-0.25, -0.2) is 0 Å². The van der Waals surface area contributed by atoms with Crippen LogP contribution in [0.15, 0.2) is 23.4 Å². The molecule has 2 heterocycles. The molecule has 0 spiro atoms. The summed E-state index contributed by atoms with van der Waals surface area (Å²) in [6.07, 6.45) is 0.179. The van der Waals surface area contributed by atoms with Crippen LogP contribution in [0.3, 0.4) is 0 Å². The van der Waals surface area contributed by atoms with Crippen LogP contribution in [0.25, 0.3) is 0 Å². The smallest absolute Gasteiger partial charge is 0.526 e. The van der Waals surface area contributed by atoms with Gasteiger partial charge in [0.1, 0.15) is 5.75 Å². The van der Waals surface area contributed by atoms with Gasteiger partial charge in [0.2, 0.25) is 5.82 Å². The normalized spacial score (nSPS) is 16.8. The molecule has 0 aliphatic carbocycles. The fourth-order valence-electron chi connectivity index (χ4n) is 2.83. The first-order valence-corrected chi connectivity index (χ1v) is 8.50. The van der Waals surface area contributed by atoms with Crippen molar-refractivity contribution >= 4 is 41.1 Å². The molecule has 26 heavy (non-hydrogen) atoms. The van der Waals surface area contributed by atoms with Gasteiger partial charge in [0.05, 0.1) is 5.56 Å². The van der Waals surface area contributed by atoms with Gasteiger partial charge in [-0.1, -0.05) is 17.3 Å². The minimum absolute atomic E-state index is 0.0644. The molecule has 1 aliphatic heterocycles. The zero-order chi connectivity index (χ0) is 18.8. The Labute approximate surface area is 152 Å². The molecule has 9 nitrogen and oxygen atoms in total. The lowest BCUT2D eigenvalue weighted by molar-refractivity contribution is -0.113. The molecule has 134 valence electrons. The Kier molecular flexibility index (Phi) is 5.00. The third kappa shape index (κ3) is 3.44. The number of benzene rings is 1. The fourth-order valence-corrected chi connectivity index (χ4v) is 3.26. The number of Topliss-reactive ketones (excluding diaryl/α,β-unsaturated/α-hetero) is 2. The first-order chi connectivity index (χ1) is 12.4. The summed E-state index contributed by atoms with van der Waals surface area (Å²) in [5.74, 6) is -1.04. The number of aromatic nitrogens is 2. The lowest BCUT2D eigenvalue weighted by atomic mass is 9.64. The van der Waals surface area contributed by atoms with Crippen LogP contribution in [0.5, 0.6) is 5.75 Å². The summed E-state index contributed by atoms with van der Waals surface area (Å²) in [6.45, 7) is 1.41. The van der Waals surface area contributed by atoms with E-state index in [2.05, 4.69) is 14.5 Å². The molecule has 0 amide bonds. The van der Waals surface area contributed by atoms with Crippen molar-refractivity contribution < 1.29 is 24.5 Å². The lowest BCUT2D eigenvalue weighted by Gasteiger charge is -2.28. The Morgan fingerprint density at radius 2 is 2.27 bits per heavy atom. The molecule has 0 saturated carbocycles. The zero-order valence-electron chi connectivity index (χ0n) is 13.7. The molecular weight excluding hydrogens is 359 g/mol. The van der Waals surface area contributed by atoms with Crippen LogP contribution in [0.2, 0.25) is 5.82 Å². The van der Waals surface area contributed by atoms with Crippen LogP contribution in [0.4, 0.5) is 5.13 Å². The number of nitrogen functional groups attached to an aromatic ring is 1. The summed E-state index contributed by atoms with van der Waals surface area (Å²) in [5, 5.41) is 22.5. The lowest BCUT2D eigenvalue weighted by Crippen LogP contribution is -2.36. The van der Waals surface area contributed by atoms with Gasteiger partial charge in [-0.3, -0.25) is 9.59 Å². The monoisotopic (exact) mass is 374 g/mol. The summed E-state index contributed by atoms with van der Waals surface area (Å²) >= 11 is 0.874. The van der Waals surface area contributed by atoms with Crippen molar-refractivity contribution in [2.45, 2.75) is 25.6 Å². The third-order valence-electron chi connectivity index (χ3n) is 4.07. The van der Waals surface area contributed by atoms with Crippen LogP contribution >= 0.6 is 11.5 Å². The Morgan fingerprint density at radius 1 is 1.50 bits per heavy atom.